The summed E-state index contributed by atoms with van der Waals surface area (Å²) >= 11 is 9.95. The quantitative estimate of drug-likeness (QED) is 0.392. The monoisotopic (exact) mass is 491 g/mol. The minimum atomic E-state index is -0.337. The molecular weight excluding hydrogens is 478 g/mol. The van der Waals surface area contributed by atoms with Gasteiger partial charge in [0.25, 0.3) is 0 Å². The first kappa shape index (κ1) is 18.6. The number of anilines is 1. The average molecular weight is 493 g/mol. The van der Waals surface area contributed by atoms with Crippen LogP contribution in [0.15, 0.2) is 83.4 Å². The van der Waals surface area contributed by atoms with E-state index in [0.29, 0.717) is 11.0 Å². The molecule has 31 heavy (non-hydrogen) atoms. The number of hydrogen-bond donors (Lipinski definition) is 1. The Bertz CT molecular complexity index is 1340. The van der Waals surface area contributed by atoms with E-state index in [-0.39, 0.29) is 12.1 Å². The molecule has 0 saturated carbocycles. The highest BCUT2D eigenvalue weighted by molar-refractivity contribution is 9.10. The normalized spacial score (nSPS) is 19.0. The number of nitrogens with zero attached hydrogens (tertiary/aromatic N) is 4. The highest BCUT2D eigenvalue weighted by Crippen LogP contribution is 2.51. The molecule has 4 aromatic rings. The van der Waals surface area contributed by atoms with Crippen molar-refractivity contribution in [2.24, 2.45) is 0 Å². The predicted molar refractivity (Wildman–Crippen MR) is 122 cm³/mol. The zero-order valence-corrected chi connectivity index (χ0v) is 18.4. The first-order valence-electron chi connectivity index (χ1n) is 9.71. The number of aromatic nitrogens is 4. The number of fused-ring (bicyclic) bond motifs is 3. The highest BCUT2D eigenvalue weighted by Gasteiger charge is 2.41. The van der Waals surface area contributed by atoms with E-state index in [0.717, 1.165) is 38.2 Å². The van der Waals surface area contributed by atoms with E-state index in [1.807, 2.05) is 53.3 Å². The first-order chi connectivity index (χ1) is 15.2. The Kier molecular flexibility index (Phi) is 4.33. The molecule has 1 N–H and O–H groups in total. The van der Waals surface area contributed by atoms with Gasteiger partial charge in [0.1, 0.15) is 24.2 Å². The van der Waals surface area contributed by atoms with Crippen molar-refractivity contribution in [3.63, 3.8) is 0 Å². The molecule has 0 spiro atoms. The summed E-state index contributed by atoms with van der Waals surface area (Å²) in [6.45, 7) is 0. The second kappa shape index (κ2) is 7.21. The molecule has 0 bridgehead atoms. The summed E-state index contributed by atoms with van der Waals surface area (Å²) in [5.41, 5.74) is 4.89. The largest absolute Gasteiger partial charge is 0.480 e. The van der Waals surface area contributed by atoms with E-state index in [4.69, 9.17) is 16.3 Å². The highest BCUT2D eigenvalue weighted by atomic mass is 79.9. The minimum Gasteiger partial charge on any atom is -0.480 e. The molecule has 0 amide bonds. The van der Waals surface area contributed by atoms with Gasteiger partial charge in [-0.25, -0.2) is 4.68 Å². The van der Waals surface area contributed by atoms with Crippen LogP contribution in [0.2, 0.25) is 5.02 Å². The number of rotatable bonds is 2. The van der Waals surface area contributed by atoms with E-state index in [1.54, 1.807) is 12.5 Å². The van der Waals surface area contributed by atoms with Crippen molar-refractivity contribution in [2.75, 3.05) is 5.32 Å². The van der Waals surface area contributed by atoms with Crippen LogP contribution in [-0.2, 0) is 0 Å². The molecule has 2 aromatic carbocycles. The fourth-order valence-corrected chi connectivity index (χ4v) is 4.83. The van der Waals surface area contributed by atoms with Gasteiger partial charge in [0.15, 0.2) is 0 Å². The lowest BCUT2D eigenvalue weighted by atomic mass is 9.85. The lowest BCUT2D eigenvalue weighted by molar-refractivity contribution is 0.223. The third kappa shape index (κ3) is 3.04. The molecule has 6 rings (SSSR count). The average Bonchev–Trinajstić information content (AvgIpc) is 3.26. The third-order valence-corrected chi connectivity index (χ3v) is 6.26. The molecule has 0 aliphatic carbocycles. The van der Waals surface area contributed by atoms with Crippen LogP contribution in [0.25, 0.3) is 5.70 Å². The Morgan fingerprint density at radius 1 is 1.06 bits per heavy atom. The smallest absolute Gasteiger partial charge is 0.226 e. The van der Waals surface area contributed by atoms with Gasteiger partial charge in [-0.3, -0.25) is 4.98 Å². The van der Waals surface area contributed by atoms with Crippen LogP contribution in [0.1, 0.15) is 28.8 Å². The molecule has 6 nitrogen and oxygen atoms in total. The summed E-state index contributed by atoms with van der Waals surface area (Å²) in [5, 5.41) is 8.63. The Labute approximate surface area is 191 Å². The van der Waals surface area contributed by atoms with Crippen LogP contribution in [0.5, 0.6) is 5.75 Å². The molecule has 0 unspecified atom stereocenters. The van der Waals surface area contributed by atoms with Gasteiger partial charge < -0.3 is 10.1 Å². The second-order valence-corrected chi connectivity index (χ2v) is 8.72. The van der Waals surface area contributed by atoms with Gasteiger partial charge in [0.05, 0.1) is 5.70 Å². The molecular formula is C23H15BrClN5O. The van der Waals surface area contributed by atoms with Crippen LogP contribution < -0.4 is 10.1 Å². The Morgan fingerprint density at radius 3 is 2.81 bits per heavy atom. The molecule has 2 aromatic heterocycles. The van der Waals surface area contributed by atoms with Crippen molar-refractivity contribution in [2.45, 2.75) is 12.1 Å². The number of nitrogens with one attached hydrogen (secondary N) is 1. The SMILES string of the molecule is Clc1ccc2c(c1)C1=C([C@@H](c3cccc(Br)c3)O2)[C@@H](c2cccnc2)n2ncnc2N1. The molecule has 2 atom stereocenters. The summed E-state index contributed by atoms with van der Waals surface area (Å²) in [6.07, 6.45) is 4.84. The van der Waals surface area contributed by atoms with Gasteiger partial charge in [-0.15, -0.1) is 0 Å². The number of halogens is 2. The number of hydrogen-bond acceptors (Lipinski definition) is 5. The summed E-state index contributed by atoms with van der Waals surface area (Å²) in [4.78, 5) is 8.79. The van der Waals surface area contributed by atoms with Crippen LogP contribution in [0.3, 0.4) is 0 Å². The molecule has 0 saturated heterocycles. The fourth-order valence-electron chi connectivity index (χ4n) is 4.24. The van der Waals surface area contributed by atoms with Crippen molar-refractivity contribution in [1.29, 1.82) is 0 Å². The molecule has 2 aliphatic heterocycles. The maximum atomic E-state index is 6.58. The molecule has 8 heteroatoms. The van der Waals surface area contributed by atoms with E-state index in [1.165, 1.54) is 0 Å². The second-order valence-electron chi connectivity index (χ2n) is 7.37. The Morgan fingerprint density at radius 2 is 1.97 bits per heavy atom. The van der Waals surface area contributed by atoms with Gasteiger partial charge in [0, 0.05) is 33.0 Å². The van der Waals surface area contributed by atoms with E-state index in [9.17, 15) is 0 Å². The van der Waals surface area contributed by atoms with Gasteiger partial charge in [0.2, 0.25) is 5.95 Å². The lowest BCUT2D eigenvalue weighted by Crippen LogP contribution is -2.32. The van der Waals surface area contributed by atoms with Gasteiger partial charge in [-0.2, -0.15) is 10.1 Å². The van der Waals surface area contributed by atoms with Crippen molar-refractivity contribution in [1.82, 2.24) is 19.7 Å². The number of pyridine rings is 1. The predicted octanol–water partition coefficient (Wildman–Crippen LogP) is 5.65. The van der Waals surface area contributed by atoms with Gasteiger partial charge >= 0.3 is 0 Å². The summed E-state index contributed by atoms with van der Waals surface area (Å²) in [6, 6.07) is 17.6. The topological polar surface area (TPSA) is 64.9 Å². The van der Waals surface area contributed by atoms with Crippen LogP contribution >= 0.6 is 27.5 Å². The van der Waals surface area contributed by atoms with Gasteiger partial charge in [-0.05, 0) is 47.5 Å². The van der Waals surface area contributed by atoms with Crippen molar-refractivity contribution < 1.29 is 4.74 Å². The maximum absolute atomic E-state index is 6.58. The fraction of sp³-hybridized carbons (Fsp3) is 0.0870. The number of ether oxygens (including phenoxy) is 1. The van der Waals surface area contributed by atoms with E-state index >= 15 is 0 Å². The van der Waals surface area contributed by atoms with Crippen molar-refractivity contribution in [3.05, 3.63) is 105 Å². The maximum Gasteiger partial charge on any atom is 0.226 e. The van der Waals surface area contributed by atoms with E-state index < -0.39 is 0 Å². The minimum absolute atomic E-state index is 0.237. The van der Waals surface area contributed by atoms with Crippen LogP contribution in [0, 0.1) is 0 Å². The Balaban J connectivity index is 1.65. The van der Waals surface area contributed by atoms with E-state index in [2.05, 4.69) is 48.4 Å². The zero-order valence-electron chi connectivity index (χ0n) is 16.0. The van der Waals surface area contributed by atoms with Crippen LogP contribution in [-0.4, -0.2) is 19.7 Å². The summed E-state index contributed by atoms with van der Waals surface area (Å²) in [5.74, 6) is 1.42. The van der Waals surface area contributed by atoms with Crippen molar-refractivity contribution >= 4 is 39.2 Å². The van der Waals surface area contributed by atoms with Crippen molar-refractivity contribution in [3.8, 4) is 5.75 Å². The zero-order chi connectivity index (χ0) is 20.9. The number of benzene rings is 2. The third-order valence-electron chi connectivity index (χ3n) is 5.53. The lowest BCUT2D eigenvalue weighted by Gasteiger charge is -2.38. The first-order valence-corrected chi connectivity index (χ1v) is 10.9. The summed E-state index contributed by atoms with van der Waals surface area (Å²) in [7, 11) is 0. The molecule has 2 aliphatic rings. The van der Waals surface area contributed by atoms with Crippen LogP contribution in [0.4, 0.5) is 5.95 Å². The standard InChI is InChI=1S/C23H15BrClN5O/c24-15-5-1-3-13(9-15)22-19-20(17-10-16(25)6-7-18(17)31-22)29-23-27-12-28-30(23)21(19)14-4-2-8-26-11-14/h1-12,21-22H,(H,27,28,29)/t21-,22-/m1/s1. The molecule has 152 valence electrons. The Hall–Kier alpha value is -3.16. The molecule has 4 heterocycles. The molecule has 0 fully saturated rings. The summed E-state index contributed by atoms with van der Waals surface area (Å²) < 4.78 is 9.44. The van der Waals surface area contributed by atoms with Gasteiger partial charge in [-0.1, -0.05) is 45.7 Å². The molecule has 0 radical (unpaired) electrons.